The molecule has 2 fully saturated rings. The lowest BCUT2D eigenvalue weighted by Gasteiger charge is -2.37. The zero-order chi connectivity index (χ0) is 20.5. The topological polar surface area (TPSA) is 26.3 Å². The van der Waals surface area contributed by atoms with Gasteiger partial charge in [0.05, 0.1) is 5.92 Å². The van der Waals surface area contributed by atoms with Crippen LogP contribution in [-0.2, 0) is 11.2 Å². The average Bonchev–Trinajstić information content (AvgIpc) is 2.76. The second-order valence-corrected chi connectivity index (χ2v) is 9.70. The van der Waals surface area contributed by atoms with E-state index in [0.717, 1.165) is 43.4 Å². The van der Waals surface area contributed by atoms with Crippen LogP contribution in [0.25, 0.3) is 0 Å². The van der Waals surface area contributed by atoms with E-state index in [1.54, 1.807) is 0 Å². The number of unbranched alkanes of at least 4 members (excludes halogenated alkanes) is 2. The molecule has 1 aromatic rings. The van der Waals surface area contributed by atoms with Gasteiger partial charge in [-0.2, -0.15) is 0 Å². The van der Waals surface area contributed by atoms with Crippen LogP contribution < -0.4 is 4.74 Å². The van der Waals surface area contributed by atoms with Gasteiger partial charge in [-0.25, -0.2) is 0 Å². The Morgan fingerprint density at radius 3 is 2.03 bits per heavy atom. The predicted octanol–water partition coefficient (Wildman–Crippen LogP) is 7.74. The lowest BCUT2D eigenvalue weighted by Crippen LogP contribution is -2.30. The molecular weight excluding hydrogens is 356 g/mol. The summed E-state index contributed by atoms with van der Waals surface area (Å²) in [5.41, 5.74) is 1.31. The Morgan fingerprint density at radius 2 is 1.45 bits per heavy atom. The fraction of sp³-hybridized carbons (Fsp3) is 0.741. The summed E-state index contributed by atoms with van der Waals surface area (Å²) in [7, 11) is 0. The average molecular weight is 399 g/mol. The quantitative estimate of drug-likeness (QED) is 0.241. The van der Waals surface area contributed by atoms with E-state index < -0.39 is 0 Å². The third kappa shape index (κ3) is 6.86. The highest BCUT2D eigenvalue weighted by Gasteiger charge is 2.33. The number of rotatable bonds is 9. The van der Waals surface area contributed by atoms with Crippen molar-refractivity contribution < 1.29 is 9.53 Å². The second-order valence-electron chi connectivity index (χ2n) is 9.70. The first-order valence-corrected chi connectivity index (χ1v) is 12.5. The van der Waals surface area contributed by atoms with E-state index in [4.69, 9.17) is 4.74 Å². The molecule has 3 rings (SSSR count). The van der Waals surface area contributed by atoms with Gasteiger partial charge in [0.1, 0.15) is 5.75 Å². The van der Waals surface area contributed by atoms with Crippen molar-refractivity contribution in [2.45, 2.75) is 104 Å². The molecule has 0 spiro atoms. The molecule has 0 unspecified atom stereocenters. The summed E-state index contributed by atoms with van der Waals surface area (Å²) in [6, 6.07) is 8.07. The minimum Gasteiger partial charge on any atom is -0.426 e. The smallest absolute Gasteiger partial charge is 0.314 e. The molecule has 0 amide bonds. The maximum absolute atomic E-state index is 12.6. The molecule has 0 N–H and O–H groups in total. The van der Waals surface area contributed by atoms with Gasteiger partial charge in [-0.15, -0.1) is 0 Å². The Bertz CT molecular complexity index is 589. The molecule has 2 aliphatic carbocycles. The van der Waals surface area contributed by atoms with Crippen LogP contribution in [0.15, 0.2) is 24.3 Å². The van der Waals surface area contributed by atoms with Crippen molar-refractivity contribution in [3.63, 3.8) is 0 Å². The Morgan fingerprint density at radius 1 is 0.828 bits per heavy atom. The number of ether oxygens (including phenoxy) is 1. The van der Waals surface area contributed by atoms with Crippen molar-refractivity contribution in [3.8, 4) is 5.75 Å². The van der Waals surface area contributed by atoms with E-state index >= 15 is 0 Å². The van der Waals surface area contributed by atoms with Gasteiger partial charge in [-0.05, 0) is 80.4 Å². The van der Waals surface area contributed by atoms with Crippen LogP contribution in [0.1, 0.15) is 103 Å². The maximum atomic E-state index is 12.6. The first kappa shape index (κ1) is 22.4. The normalized spacial score (nSPS) is 27.5. The van der Waals surface area contributed by atoms with Gasteiger partial charge in [0.25, 0.3) is 0 Å². The second kappa shape index (κ2) is 11.8. The van der Waals surface area contributed by atoms with E-state index in [0.29, 0.717) is 5.75 Å². The summed E-state index contributed by atoms with van der Waals surface area (Å²) in [5.74, 6) is 3.56. The monoisotopic (exact) mass is 398 g/mol. The molecule has 162 valence electrons. The van der Waals surface area contributed by atoms with Crippen molar-refractivity contribution >= 4 is 5.97 Å². The van der Waals surface area contributed by atoms with E-state index in [1.807, 2.05) is 12.1 Å². The van der Waals surface area contributed by atoms with Crippen LogP contribution in [0.2, 0.25) is 0 Å². The van der Waals surface area contributed by atoms with Crippen LogP contribution in [-0.4, -0.2) is 5.97 Å². The van der Waals surface area contributed by atoms with Gasteiger partial charge in [-0.1, -0.05) is 70.9 Å². The fourth-order valence-corrected chi connectivity index (χ4v) is 5.67. The van der Waals surface area contributed by atoms with Gasteiger partial charge in [0.15, 0.2) is 0 Å². The molecule has 0 saturated heterocycles. The lowest BCUT2D eigenvalue weighted by atomic mass is 9.68. The van der Waals surface area contributed by atoms with Crippen molar-refractivity contribution in [2.24, 2.45) is 23.7 Å². The van der Waals surface area contributed by atoms with E-state index in [2.05, 4.69) is 26.0 Å². The molecule has 0 aromatic heterocycles. The number of hydrogen-bond acceptors (Lipinski definition) is 2. The third-order valence-electron chi connectivity index (χ3n) is 7.56. The lowest BCUT2D eigenvalue weighted by molar-refractivity contribution is -0.140. The van der Waals surface area contributed by atoms with Crippen LogP contribution in [0.4, 0.5) is 0 Å². The molecule has 2 heteroatoms. The molecule has 29 heavy (non-hydrogen) atoms. The minimum atomic E-state index is -0.00803. The number of hydrogen-bond donors (Lipinski definition) is 0. The van der Waals surface area contributed by atoms with Crippen molar-refractivity contribution in [3.05, 3.63) is 29.8 Å². The SMILES string of the molecule is CCCCCC1CCC(C2CCC(C(=O)Oc3ccc(CCC)cc3)CC2)CC1. The number of esters is 1. The molecule has 2 aliphatic rings. The van der Waals surface area contributed by atoms with Gasteiger partial charge in [0.2, 0.25) is 0 Å². The van der Waals surface area contributed by atoms with Crippen LogP contribution >= 0.6 is 0 Å². The standard InChI is InChI=1S/C27H42O2/c1-3-5-6-8-22-9-13-23(14-10-22)24-15-17-25(18-16-24)27(28)29-26-19-11-21(7-4-2)12-20-26/h11-12,19-20,22-25H,3-10,13-18H2,1-2H3. The molecule has 0 atom stereocenters. The fourth-order valence-electron chi connectivity index (χ4n) is 5.67. The number of aryl methyl sites for hydroxylation is 1. The van der Waals surface area contributed by atoms with Gasteiger partial charge < -0.3 is 4.74 Å². The first-order valence-electron chi connectivity index (χ1n) is 12.5. The van der Waals surface area contributed by atoms with E-state index in [9.17, 15) is 4.79 Å². The highest BCUT2D eigenvalue weighted by atomic mass is 16.5. The van der Waals surface area contributed by atoms with Crippen molar-refractivity contribution in [1.29, 1.82) is 0 Å². The van der Waals surface area contributed by atoms with Gasteiger partial charge >= 0.3 is 5.97 Å². The number of benzene rings is 1. The third-order valence-corrected chi connectivity index (χ3v) is 7.56. The number of carbonyl (C=O) groups excluding carboxylic acids is 1. The van der Waals surface area contributed by atoms with Crippen molar-refractivity contribution in [1.82, 2.24) is 0 Å². The molecule has 1 aromatic carbocycles. The summed E-state index contributed by atoms with van der Waals surface area (Å²) in [6.07, 6.45) is 18.1. The molecule has 0 radical (unpaired) electrons. The Balaban J connectivity index is 1.37. The summed E-state index contributed by atoms with van der Waals surface area (Å²) < 4.78 is 5.69. The van der Waals surface area contributed by atoms with Crippen molar-refractivity contribution in [2.75, 3.05) is 0 Å². The molecule has 0 heterocycles. The Labute approximate surface area is 178 Å². The van der Waals surface area contributed by atoms with Gasteiger partial charge in [-0.3, -0.25) is 4.79 Å². The Kier molecular flexibility index (Phi) is 9.08. The highest BCUT2D eigenvalue weighted by molar-refractivity contribution is 5.75. The van der Waals surface area contributed by atoms with E-state index in [-0.39, 0.29) is 11.9 Å². The van der Waals surface area contributed by atoms with E-state index in [1.165, 1.54) is 69.8 Å². The molecule has 0 aliphatic heterocycles. The predicted molar refractivity (Wildman–Crippen MR) is 121 cm³/mol. The summed E-state index contributed by atoms with van der Waals surface area (Å²) in [5, 5.41) is 0. The first-order chi connectivity index (χ1) is 14.2. The maximum Gasteiger partial charge on any atom is 0.314 e. The van der Waals surface area contributed by atoms with Gasteiger partial charge in [0, 0.05) is 0 Å². The largest absolute Gasteiger partial charge is 0.426 e. The summed E-state index contributed by atoms with van der Waals surface area (Å²) >= 11 is 0. The minimum absolute atomic E-state index is 0.00803. The van der Waals surface area contributed by atoms with Crippen LogP contribution in [0.3, 0.4) is 0 Å². The zero-order valence-electron chi connectivity index (χ0n) is 18.8. The molecule has 0 bridgehead atoms. The molecule has 2 saturated carbocycles. The highest BCUT2D eigenvalue weighted by Crippen LogP contribution is 2.42. The van der Waals surface area contributed by atoms with Crippen LogP contribution in [0.5, 0.6) is 5.75 Å². The molecular formula is C27H42O2. The summed E-state index contributed by atoms with van der Waals surface area (Å²) in [4.78, 5) is 12.6. The Hall–Kier alpha value is -1.31. The number of carbonyl (C=O) groups is 1. The summed E-state index contributed by atoms with van der Waals surface area (Å²) in [6.45, 7) is 4.48. The zero-order valence-corrected chi connectivity index (χ0v) is 18.8. The van der Waals surface area contributed by atoms with Crippen LogP contribution in [0, 0.1) is 23.7 Å². The molecule has 2 nitrogen and oxygen atoms in total.